The number of aliphatic hydroxyl groups excluding tert-OH is 3. The van der Waals surface area contributed by atoms with Crippen LogP contribution in [0.5, 0.6) is 5.75 Å². The number of likely N-dealkylation sites (N-methyl/N-ethyl adjacent to an activating group) is 2. The minimum absolute atomic E-state index is 0.0315. The molecule has 1 aromatic heterocycles. The van der Waals surface area contributed by atoms with Crippen molar-refractivity contribution < 1.29 is 76.3 Å². The first kappa shape index (κ1) is 63.9. The summed E-state index contributed by atoms with van der Waals surface area (Å²) in [7, 11) is 1.72. The fourth-order valence-electron chi connectivity index (χ4n) is 11.5. The van der Waals surface area contributed by atoms with Crippen LogP contribution in [0.4, 0.5) is 4.39 Å². The zero-order chi connectivity index (χ0) is 56.5. The summed E-state index contributed by atoms with van der Waals surface area (Å²) in [6.07, 6.45) is -5.33. The molecular weight excluding hydrogens is 1010 g/mol. The lowest BCUT2D eigenvalue weighted by atomic mass is 9.77. The number of benzene rings is 1. The Balaban J connectivity index is 1.33. The van der Waals surface area contributed by atoms with Crippen LogP contribution in [-0.2, 0) is 56.0 Å². The highest BCUT2D eigenvalue weighted by molar-refractivity contribution is 7.91. The molecule has 4 heterocycles. The van der Waals surface area contributed by atoms with E-state index in [9.17, 15) is 43.1 Å². The molecule has 436 valence electrons. The molecule has 22 heteroatoms. The van der Waals surface area contributed by atoms with Gasteiger partial charge in [0.15, 0.2) is 16.1 Å². The number of esters is 1. The Morgan fingerprint density at radius 2 is 1.66 bits per heavy atom. The molecule has 0 radical (unpaired) electrons. The first-order chi connectivity index (χ1) is 35.6. The molecule has 0 spiro atoms. The average molecular weight is 1100 g/mol. The second-order valence-electron chi connectivity index (χ2n) is 22.8. The number of ether oxygens (including phenoxy) is 7. The predicted octanol–water partition coefficient (Wildman–Crippen LogP) is 3.75. The normalized spacial score (nSPS) is 37.8. The Bertz CT molecular complexity index is 2210. The Kier molecular flexibility index (Phi) is 23.1. The molecular formula is C54H92FN5O15S. The van der Waals surface area contributed by atoms with E-state index in [1.165, 1.54) is 26.2 Å². The number of sulfone groups is 1. The van der Waals surface area contributed by atoms with Crippen LogP contribution in [-0.4, -0.2) is 215 Å². The Labute approximate surface area is 450 Å². The number of halogens is 1. The van der Waals surface area contributed by atoms with Crippen LogP contribution >= 0.6 is 0 Å². The number of carbonyl (C=O) groups excluding carboxylic acids is 1. The van der Waals surface area contributed by atoms with Crippen molar-refractivity contribution in [3.8, 4) is 5.75 Å². The third-order valence-electron chi connectivity index (χ3n) is 16.2. The minimum Gasteiger partial charge on any atom is -0.494 e. The van der Waals surface area contributed by atoms with Gasteiger partial charge in [0.2, 0.25) is 0 Å². The maximum Gasteiger partial charge on any atom is 0.311 e. The number of carbonyl (C=O) groups is 1. The van der Waals surface area contributed by atoms with Crippen molar-refractivity contribution in [2.75, 3.05) is 59.9 Å². The number of hydrogen-bond donors (Lipinski definition) is 5. The number of methoxy groups -OCH3 is 1. The van der Waals surface area contributed by atoms with E-state index in [1.807, 2.05) is 50.9 Å². The van der Waals surface area contributed by atoms with Gasteiger partial charge < -0.3 is 68.5 Å². The van der Waals surface area contributed by atoms with Crippen LogP contribution in [0.15, 0.2) is 35.4 Å². The number of aromatic nitrogens is 3. The number of rotatable bonds is 20. The lowest BCUT2D eigenvalue weighted by Gasteiger charge is -2.48. The van der Waals surface area contributed by atoms with E-state index in [2.05, 4.69) is 10.3 Å². The number of aliphatic hydroxyl groups is 5. The lowest BCUT2D eigenvalue weighted by molar-refractivity contribution is -0.301. The third kappa shape index (κ3) is 16.1. The Morgan fingerprint density at radius 1 is 0.974 bits per heavy atom. The fourth-order valence-corrected chi connectivity index (χ4v) is 12.8. The van der Waals surface area contributed by atoms with Crippen LogP contribution in [0.1, 0.15) is 113 Å². The summed E-state index contributed by atoms with van der Waals surface area (Å²) in [4.78, 5) is 18.5. The van der Waals surface area contributed by atoms with Crippen LogP contribution < -0.4 is 4.74 Å². The summed E-state index contributed by atoms with van der Waals surface area (Å²) in [5, 5.41) is 68.2. The van der Waals surface area contributed by atoms with Crippen LogP contribution in [0.2, 0.25) is 0 Å². The quantitative estimate of drug-likeness (QED) is 0.0935. The molecule has 0 saturated carbocycles. The van der Waals surface area contributed by atoms with E-state index >= 15 is 0 Å². The molecule has 3 fully saturated rings. The third-order valence-corrected chi connectivity index (χ3v) is 18.0. The molecule has 2 aromatic rings. The molecule has 1 aromatic carbocycles. The van der Waals surface area contributed by atoms with Gasteiger partial charge in [0.1, 0.15) is 35.8 Å². The maximum atomic E-state index is 14.5. The second-order valence-corrected chi connectivity index (χ2v) is 24.9. The van der Waals surface area contributed by atoms with Crippen molar-refractivity contribution in [3.63, 3.8) is 0 Å². The van der Waals surface area contributed by atoms with E-state index in [4.69, 9.17) is 33.2 Å². The summed E-state index contributed by atoms with van der Waals surface area (Å²) in [5.41, 5.74) is -3.67. The van der Waals surface area contributed by atoms with E-state index in [-0.39, 0.29) is 55.0 Å². The van der Waals surface area contributed by atoms with Crippen molar-refractivity contribution in [1.82, 2.24) is 24.8 Å². The standard InChI is InChI=1S/C54H92FN5O15S/c1-14-44-54(10,66)47(62)37(6)59(12)30-33(2)28-52(8,65)49(35(4)46(36(5)50(64)74-44)71-32-41-29-53(9,69-13)48(63)38(7)73-41)75-51-45(61)43(27-34(3)72-51)58(11)24-21-39-31-60(57-56-39)23-16-25-70-40-17-19-42(20-18-40)76(67,68)26-15-22-55/h17-20,31,33-38,41,43-49,51,61-63,65-66H,14-16,21-30,32H2,1-13H3/t33-,34-,35+,36-,37-,38+,41-,43+,44-,45-,46+,47-,48+,49-,51+,52-,53-,54-/m1/s1. The van der Waals surface area contributed by atoms with Crippen molar-refractivity contribution in [2.24, 2.45) is 17.8 Å². The number of alkyl halides is 1. The molecule has 76 heavy (non-hydrogen) atoms. The summed E-state index contributed by atoms with van der Waals surface area (Å²) < 4.78 is 83.0. The van der Waals surface area contributed by atoms with Gasteiger partial charge in [0.25, 0.3) is 0 Å². The lowest BCUT2D eigenvalue weighted by Crippen LogP contribution is -2.60. The molecule has 3 aliphatic rings. The summed E-state index contributed by atoms with van der Waals surface area (Å²) in [6, 6.07) is 5.07. The van der Waals surface area contributed by atoms with E-state index in [0.717, 1.165) is 5.69 Å². The number of nitrogens with zero attached hydrogens (tertiary/aromatic N) is 5. The molecule has 0 aliphatic carbocycles. The van der Waals surface area contributed by atoms with Gasteiger partial charge in [0.05, 0.1) is 83.9 Å². The van der Waals surface area contributed by atoms with Crippen LogP contribution in [0.3, 0.4) is 0 Å². The minimum atomic E-state index is -3.55. The van der Waals surface area contributed by atoms with E-state index in [0.29, 0.717) is 51.3 Å². The molecule has 0 bridgehead atoms. The second kappa shape index (κ2) is 27.5. The average Bonchev–Trinajstić information content (AvgIpc) is 3.83. The summed E-state index contributed by atoms with van der Waals surface area (Å²) in [5.74, 6) is -2.44. The molecule has 3 aliphatic heterocycles. The zero-order valence-corrected chi connectivity index (χ0v) is 48.1. The smallest absolute Gasteiger partial charge is 0.311 e. The van der Waals surface area contributed by atoms with Gasteiger partial charge in [-0.05, 0) is 118 Å². The van der Waals surface area contributed by atoms with Crippen molar-refractivity contribution in [3.05, 3.63) is 36.2 Å². The van der Waals surface area contributed by atoms with Crippen molar-refractivity contribution >= 4 is 15.8 Å². The van der Waals surface area contributed by atoms with E-state index in [1.54, 1.807) is 58.4 Å². The van der Waals surface area contributed by atoms with Crippen LogP contribution in [0, 0.1) is 17.8 Å². The molecule has 0 unspecified atom stereocenters. The summed E-state index contributed by atoms with van der Waals surface area (Å²) in [6.45, 7) is 18.7. The largest absolute Gasteiger partial charge is 0.494 e. The molecule has 20 nitrogen and oxygen atoms in total. The zero-order valence-electron chi connectivity index (χ0n) is 47.3. The van der Waals surface area contributed by atoms with Gasteiger partial charge in [0, 0.05) is 70.2 Å². The first-order valence-corrected chi connectivity index (χ1v) is 28.9. The highest BCUT2D eigenvalue weighted by atomic mass is 32.2. The molecule has 0 amide bonds. The maximum absolute atomic E-state index is 14.5. The fraction of sp³-hybridized carbons (Fsp3) is 0.833. The number of hydrogen-bond acceptors (Lipinski definition) is 19. The molecule has 18 atom stereocenters. The SMILES string of the molecule is CC[C@H]1OC(=O)[C@H](C)[C@@H](OC[C@H]2C[C@@](C)(OC)[C@@H](O)[C@H](C)O2)[C@H](C)[C@@H](O[C@@H]2O[C@H](C)C[C@H](N(C)CCc3cn(CCCOc4ccc(S(=O)(=O)CCCF)cc4)nn3)[C@H]2O)[C@](C)(O)C[C@@H](C)CN(C)[C@H](C)[C@@H](O)[C@]1(C)O. The summed E-state index contributed by atoms with van der Waals surface area (Å²) >= 11 is 0. The molecule has 5 rings (SSSR count). The van der Waals surface area contributed by atoms with Crippen molar-refractivity contribution in [2.45, 2.75) is 216 Å². The number of cyclic esters (lactones) is 1. The van der Waals surface area contributed by atoms with Gasteiger partial charge >= 0.3 is 5.97 Å². The topological polar surface area (TPSA) is 254 Å². The predicted molar refractivity (Wildman–Crippen MR) is 281 cm³/mol. The van der Waals surface area contributed by atoms with Gasteiger partial charge in [-0.3, -0.25) is 13.9 Å². The van der Waals surface area contributed by atoms with E-state index < -0.39 is 118 Å². The molecule has 3 saturated heterocycles. The Morgan fingerprint density at radius 3 is 2.30 bits per heavy atom. The van der Waals surface area contributed by atoms with Crippen LogP contribution in [0.25, 0.3) is 0 Å². The Hall–Kier alpha value is -2.97. The monoisotopic (exact) mass is 1100 g/mol. The highest BCUT2D eigenvalue weighted by Gasteiger charge is 2.52. The van der Waals surface area contributed by atoms with Gasteiger partial charge in [-0.1, -0.05) is 26.0 Å². The highest BCUT2D eigenvalue weighted by Crippen LogP contribution is 2.39. The van der Waals surface area contributed by atoms with Gasteiger partial charge in [-0.15, -0.1) is 5.10 Å². The number of aryl methyl sites for hydroxylation is 1. The van der Waals surface area contributed by atoms with Crippen molar-refractivity contribution in [1.29, 1.82) is 0 Å². The van der Waals surface area contributed by atoms with Gasteiger partial charge in [-0.25, -0.2) is 8.42 Å². The first-order valence-electron chi connectivity index (χ1n) is 27.2. The molecule has 5 N–H and O–H groups in total. The van der Waals surface area contributed by atoms with Gasteiger partial charge in [-0.2, -0.15) is 0 Å².